The Morgan fingerprint density at radius 1 is 1.00 bits per heavy atom. The second-order valence-corrected chi connectivity index (χ2v) is 4.36. The Labute approximate surface area is 110 Å². The van der Waals surface area contributed by atoms with Crippen LogP contribution >= 0.6 is 0 Å². The van der Waals surface area contributed by atoms with Gasteiger partial charge in [0.2, 0.25) is 0 Å². The van der Waals surface area contributed by atoms with Crippen LogP contribution in [0, 0.1) is 11.6 Å². The topological polar surface area (TPSA) is 23.5 Å². The molecule has 4 heteroatoms. The van der Waals surface area contributed by atoms with E-state index in [9.17, 15) is 13.9 Å². The smallest absolute Gasteiger partial charge is 0.147 e. The van der Waals surface area contributed by atoms with Crippen LogP contribution < -0.4 is 4.90 Å². The Bertz CT molecular complexity index is 584. The van der Waals surface area contributed by atoms with Gasteiger partial charge in [-0.05, 0) is 25.1 Å². The lowest BCUT2D eigenvalue weighted by Gasteiger charge is -2.24. The van der Waals surface area contributed by atoms with Gasteiger partial charge in [0.1, 0.15) is 11.6 Å². The van der Waals surface area contributed by atoms with Crippen LogP contribution in [-0.2, 0) is 0 Å². The quantitative estimate of drug-likeness (QED) is 0.910. The molecule has 1 unspecified atom stereocenters. The Kier molecular flexibility index (Phi) is 3.81. The molecule has 0 aliphatic carbocycles. The van der Waals surface area contributed by atoms with Crippen molar-refractivity contribution in [2.45, 2.75) is 13.0 Å². The minimum Gasteiger partial charge on any atom is -0.389 e. The Morgan fingerprint density at radius 2 is 1.63 bits per heavy atom. The highest BCUT2D eigenvalue weighted by molar-refractivity contribution is 5.67. The normalized spacial score (nSPS) is 12.3. The van der Waals surface area contributed by atoms with E-state index in [0.29, 0.717) is 5.56 Å². The first kappa shape index (κ1) is 13.5. The number of para-hydroxylation sites is 2. The Hall–Kier alpha value is -1.94. The summed E-state index contributed by atoms with van der Waals surface area (Å²) in [6.45, 7) is 1.55. The van der Waals surface area contributed by atoms with Gasteiger partial charge in [-0.3, -0.25) is 0 Å². The van der Waals surface area contributed by atoms with Crippen molar-refractivity contribution in [3.63, 3.8) is 0 Å². The number of rotatable bonds is 3. The van der Waals surface area contributed by atoms with Gasteiger partial charge in [0.15, 0.2) is 0 Å². The van der Waals surface area contributed by atoms with E-state index in [0.717, 1.165) is 0 Å². The molecule has 0 aliphatic rings. The van der Waals surface area contributed by atoms with Crippen molar-refractivity contribution in [3.05, 3.63) is 59.7 Å². The van der Waals surface area contributed by atoms with E-state index in [1.807, 2.05) is 0 Å². The van der Waals surface area contributed by atoms with Crippen LogP contribution in [0.15, 0.2) is 42.5 Å². The Morgan fingerprint density at radius 3 is 2.26 bits per heavy atom. The monoisotopic (exact) mass is 263 g/mol. The number of aliphatic hydroxyl groups is 1. The molecule has 2 aromatic carbocycles. The summed E-state index contributed by atoms with van der Waals surface area (Å²) in [4.78, 5) is 1.41. The molecule has 0 spiro atoms. The molecular formula is C15H15F2NO. The van der Waals surface area contributed by atoms with E-state index in [1.165, 1.54) is 23.1 Å². The maximum Gasteiger partial charge on any atom is 0.147 e. The zero-order chi connectivity index (χ0) is 14.0. The first-order valence-corrected chi connectivity index (χ1v) is 5.97. The van der Waals surface area contributed by atoms with E-state index in [4.69, 9.17) is 0 Å². The molecule has 0 bridgehead atoms. The fraction of sp³-hybridized carbons (Fsp3) is 0.200. The third-order valence-electron chi connectivity index (χ3n) is 3.02. The predicted octanol–water partition coefficient (Wildman–Crippen LogP) is 3.79. The number of hydrogen-bond acceptors (Lipinski definition) is 2. The fourth-order valence-corrected chi connectivity index (χ4v) is 2.07. The van der Waals surface area contributed by atoms with Gasteiger partial charge in [0.05, 0.1) is 17.5 Å². The minimum absolute atomic E-state index is 0.183. The van der Waals surface area contributed by atoms with Crippen molar-refractivity contribution in [2.24, 2.45) is 0 Å². The molecule has 19 heavy (non-hydrogen) atoms. The second-order valence-electron chi connectivity index (χ2n) is 4.36. The standard InChI is InChI=1S/C15H15F2NO/c1-10(19)11-6-5-8-13(17)15(11)18(2)14-9-4-3-7-12(14)16/h3-10,19H,1-2H3. The molecule has 0 aliphatic heterocycles. The van der Waals surface area contributed by atoms with Gasteiger partial charge in [0, 0.05) is 12.6 Å². The fourth-order valence-electron chi connectivity index (χ4n) is 2.07. The summed E-state index contributed by atoms with van der Waals surface area (Å²) in [6.07, 6.45) is -0.833. The zero-order valence-electron chi connectivity index (χ0n) is 10.8. The molecule has 2 aromatic rings. The zero-order valence-corrected chi connectivity index (χ0v) is 10.8. The van der Waals surface area contributed by atoms with Gasteiger partial charge in [-0.1, -0.05) is 24.3 Å². The van der Waals surface area contributed by atoms with Gasteiger partial charge in [-0.25, -0.2) is 8.78 Å². The van der Waals surface area contributed by atoms with Crippen molar-refractivity contribution in [1.82, 2.24) is 0 Å². The highest BCUT2D eigenvalue weighted by Gasteiger charge is 2.18. The van der Waals surface area contributed by atoms with Gasteiger partial charge in [-0.2, -0.15) is 0 Å². The van der Waals surface area contributed by atoms with Gasteiger partial charge < -0.3 is 10.0 Å². The predicted molar refractivity (Wildman–Crippen MR) is 71.5 cm³/mol. The molecule has 0 saturated carbocycles. The molecule has 0 heterocycles. The first-order valence-electron chi connectivity index (χ1n) is 5.97. The molecule has 2 nitrogen and oxygen atoms in total. The highest BCUT2D eigenvalue weighted by Crippen LogP contribution is 2.34. The van der Waals surface area contributed by atoms with Crippen molar-refractivity contribution < 1.29 is 13.9 Å². The molecule has 0 fully saturated rings. The largest absolute Gasteiger partial charge is 0.389 e. The first-order chi connectivity index (χ1) is 9.02. The van der Waals surface area contributed by atoms with Crippen molar-refractivity contribution in [3.8, 4) is 0 Å². The van der Waals surface area contributed by atoms with E-state index in [2.05, 4.69) is 0 Å². The van der Waals surface area contributed by atoms with Crippen LogP contribution in [0.2, 0.25) is 0 Å². The molecule has 2 rings (SSSR count). The maximum atomic E-state index is 14.0. The Balaban J connectivity index is 2.56. The van der Waals surface area contributed by atoms with Gasteiger partial charge in [-0.15, -0.1) is 0 Å². The molecule has 0 radical (unpaired) electrons. The summed E-state index contributed by atoms with van der Waals surface area (Å²) in [6, 6.07) is 10.6. The van der Waals surface area contributed by atoms with E-state index >= 15 is 0 Å². The van der Waals surface area contributed by atoms with Crippen LogP contribution in [0.3, 0.4) is 0 Å². The average molecular weight is 263 g/mol. The summed E-state index contributed by atoms with van der Waals surface area (Å²) in [5.74, 6) is -0.936. The van der Waals surface area contributed by atoms with Crippen LogP contribution in [0.1, 0.15) is 18.6 Å². The van der Waals surface area contributed by atoms with Crippen LogP contribution in [0.5, 0.6) is 0 Å². The number of anilines is 2. The summed E-state index contributed by atoms with van der Waals surface area (Å²) < 4.78 is 27.8. The molecular weight excluding hydrogens is 248 g/mol. The van der Waals surface area contributed by atoms with E-state index in [1.54, 1.807) is 38.2 Å². The molecule has 0 saturated heterocycles. The molecule has 0 aromatic heterocycles. The van der Waals surface area contributed by atoms with Crippen molar-refractivity contribution in [2.75, 3.05) is 11.9 Å². The SMILES string of the molecule is CC(O)c1cccc(F)c1N(C)c1ccccc1F. The highest BCUT2D eigenvalue weighted by atomic mass is 19.1. The number of aliphatic hydroxyl groups excluding tert-OH is 1. The number of hydrogen-bond donors (Lipinski definition) is 1. The molecule has 1 atom stereocenters. The lowest BCUT2D eigenvalue weighted by molar-refractivity contribution is 0.199. The summed E-state index contributed by atoms with van der Waals surface area (Å²) >= 11 is 0. The van der Waals surface area contributed by atoms with Crippen LogP contribution in [0.4, 0.5) is 20.2 Å². The molecule has 1 N–H and O–H groups in total. The van der Waals surface area contributed by atoms with Gasteiger partial charge >= 0.3 is 0 Å². The lowest BCUT2D eigenvalue weighted by Crippen LogP contribution is -2.16. The minimum atomic E-state index is -0.833. The van der Waals surface area contributed by atoms with E-state index < -0.39 is 17.7 Å². The third kappa shape index (κ3) is 2.58. The number of benzene rings is 2. The van der Waals surface area contributed by atoms with Crippen molar-refractivity contribution in [1.29, 1.82) is 0 Å². The lowest BCUT2D eigenvalue weighted by atomic mass is 10.1. The molecule has 0 amide bonds. The van der Waals surface area contributed by atoms with Crippen molar-refractivity contribution >= 4 is 11.4 Å². The number of nitrogens with zero attached hydrogens (tertiary/aromatic N) is 1. The van der Waals surface area contributed by atoms with E-state index in [-0.39, 0.29) is 11.4 Å². The second kappa shape index (κ2) is 5.36. The third-order valence-corrected chi connectivity index (χ3v) is 3.02. The summed E-state index contributed by atoms with van der Waals surface area (Å²) in [5.41, 5.74) is 0.864. The average Bonchev–Trinajstić information content (AvgIpc) is 2.38. The van der Waals surface area contributed by atoms with Crippen LogP contribution in [-0.4, -0.2) is 12.2 Å². The maximum absolute atomic E-state index is 14.0. The van der Waals surface area contributed by atoms with Crippen LogP contribution in [0.25, 0.3) is 0 Å². The summed E-state index contributed by atoms with van der Waals surface area (Å²) in [5, 5.41) is 9.71. The van der Waals surface area contributed by atoms with Gasteiger partial charge in [0.25, 0.3) is 0 Å². The molecule has 100 valence electrons. The summed E-state index contributed by atoms with van der Waals surface area (Å²) in [7, 11) is 1.57. The number of halogens is 2.